The van der Waals surface area contributed by atoms with E-state index in [1.165, 1.54) is 6.42 Å². The molecule has 2 unspecified atom stereocenters. The Morgan fingerprint density at radius 3 is 2.82 bits per heavy atom. The Balaban J connectivity index is 1.90. The monoisotopic (exact) mass is 256 g/mol. The minimum atomic E-state index is 0.166. The zero-order valence-corrected chi connectivity index (χ0v) is 11.7. The van der Waals surface area contributed by atoms with Crippen molar-refractivity contribution in [3.8, 4) is 0 Å². The summed E-state index contributed by atoms with van der Waals surface area (Å²) in [5.41, 5.74) is 6.01. The fourth-order valence-corrected chi connectivity index (χ4v) is 3.92. The predicted molar refractivity (Wildman–Crippen MR) is 72.9 cm³/mol. The molecule has 2 rings (SSSR count). The van der Waals surface area contributed by atoms with Crippen LogP contribution in [0.15, 0.2) is 0 Å². The van der Waals surface area contributed by atoms with E-state index in [9.17, 15) is 4.79 Å². The van der Waals surface area contributed by atoms with Gasteiger partial charge in [-0.1, -0.05) is 6.92 Å². The van der Waals surface area contributed by atoms with Gasteiger partial charge < -0.3 is 10.6 Å². The molecule has 0 aromatic heterocycles. The molecular formula is C13H24N2OS. The van der Waals surface area contributed by atoms with E-state index in [0.717, 1.165) is 37.6 Å². The summed E-state index contributed by atoms with van der Waals surface area (Å²) in [7, 11) is 0. The Kier molecular flexibility index (Phi) is 4.36. The molecule has 17 heavy (non-hydrogen) atoms. The van der Waals surface area contributed by atoms with Crippen LogP contribution in [0.5, 0.6) is 0 Å². The fourth-order valence-electron chi connectivity index (χ4n) is 3.28. The molecule has 0 aromatic carbocycles. The molecular weight excluding hydrogens is 232 g/mol. The van der Waals surface area contributed by atoms with E-state index in [1.807, 2.05) is 6.92 Å². The molecule has 0 aromatic rings. The number of amides is 1. The first-order chi connectivity index (χ1) is 8.11. The molecule has 2 N–H and O–H groups in total. The lowest BCUT2D eigenvalue weighted by Gasteiger charge is -2.27. The topological polar surface area (TPSA) is 46.3 Å². The zero-order chi connectivity index (χ0) is 12.4. The number of rotatable bonds is 3. The van der Waals surface area contributed by atoms with E-state index in [1.54, 1.807) is 11.8 Å². The lowest BCUT2D eigenvalue weighted by molar-refractivity contribution is -0.133. The van der Waals surface area contributed by atoms with Crippen LogP contribution in [0.4, 0.5) is 0 Å². The number of nitrogens with two attached hydrogens (primary N) is 1. The lowest BCUT2D eigenvalue weighted by atomic mass is 9.79. The SMILES string of the molecule is CSCC(C)C(=O)N1C[C@H]2CCC(N)C[C@H]2C1. The predicted octanol–water partition coefficient (Wildman–Crippen LogP) is 1.57. The van der Waals surface area contributed by atoms with Gasteiger partial charge >= 0.3 is 0 Å². The van der Waals surface area contributed by atoms with Crippen LogP contribution in [0, 0.1) is 17.8 Å². The van der Waals surface area contributed by atoms with Crippen molar-refractivity contribution in [2.75, 3.05) is 25.1 Å². The number of likely N-dealkylation sites (tertiary alicyclic amines) is 1. The second-order valence-electron chi connectivity index (χ2n) is 5.69. The Hall–Kier alpha value is -0.220. The summed E-state index contributed by atoms with van der Waals surface area (Å²) in [6.07, 6.45) is 5.54. The largest absolute Gasteiger partial charge is 0.342 e. The molecule has 1 heterocycles. The number of thioether (sulfide) groups is 1. The van der Waals surface area contributed by atoms with Crippen molar-refractivity contribution in [1.82, 2.24) is 4.90 Å². The summed E-state index contributed by atoms with van der Waals surface area (Å²) in [6, 6.07) is 0.370. The lowest BCUT2D eigenvalue weighted by Crippen LogP contribution is -2.34. The van der Waals surface area contributed by atoms with Crippen LogP contribution in [-0.4, -0.2) is 41.9 Å². The van der Waals surface area contributed by atoms with Gasteiger partial charge in [0, 0.05) is 30.8 Å². The maximum absolute atomic E-state index is 12.2. The van der Waals surface area contributed by atoms with Gasteiger partial charge in [0.2, 0.25) is 5.91 Å². The average Bonchev–Trinajstić information content (AvgIpc) is 2.71. The summed E-state index contributed by atoms with van der Waals surface area (Å²) in [5, 5.41) is 0. The van der Waals surface area contributed by atoms with Gasteiger partial charge in [-0.15, -0.1) is 0 Å². The minimum Gasteiger partial charge on any atom is -0.342 e. The summed E-state index contributed by atoms with van der Waals surface area (Å²) in [5.74, 6) is 2.84. The Morgan fingerprint density at radius 2 is 2.12 bits per heavy atom. The summed E-state index contributed by atoms with van der Waals surface area (Å²) in [4.78, 5) is 14.3. The molecule has 2 fully saturated rings. The second kappa shape index (κ2) is 5.61. The summed E-state index contributed by atoms with van der Waals surface area (Å²) in [6.45, 7) is 3.98. The highest BCUT2D eigenvalue weighted by atomic mass is 32.2. The van der Waals surface area contributed by atoms with E-state index >= 15 is 0 Å². The quantitative estimate of drug-likeness (QED) is 0.834. The molecule has 1 amide bonds. The smallest absolute Gasteiger partial charge is 0.226 e. The van der Waals surface area contributed by atoms with Crippen LogP contribution in [0.3, 0.4) is 0 Å². The van der Waals surface area contributed by atoms with Crippen molar-refractivity contribution in [1.29, 1.82) is 0 Å². The van der Waals surface area contributed by atoms with E-state index in [-0.39, 0.29) is 5.92 Å². The maximum Gasteiger partial charge on any atom is 0.226 e. The third-order valence-electron chi connectivity index (χ3n) is 4.24. The Bertz CT molecular complexity index is 285. The van der Waals surface area contributed by atoms with Gasteiger partial charge in [-0.05, 0) is 37.4 Å². The molecule has 4 atom stereocenters. The summed E-state index contributed by atoms with van der Waals surface area (Å²) >= 11 is 1.76. The van der Waals surface area contributed by atoms with E-state index in [2.05, 4.69) is 11.2 Å². The molecule has 4 heteroatoms. The highest BCUT2D eigenvalue weighted by Gasteiger charge is 2.39. The van der Waals surface area contributed by atoms with Crippen LogP contribution in [0.2, 0.25) is 0 Å². The van der Waals surface area contributed by atoms with Crippen LogP contribution in [0.25, 0.3) is 0 Å². The second-order valence-corrected chi connectivity index (χ2v) is 6.60. The first-order valence-electron chi connectivity index (χ1n) is 6.65. The van der Waals surface area contributed by atoms with Gasteiger partial charge in [-0.25, -0.2) is 0 Å². The molecule has 1 aliphatic carbocycles. The van der Waals surface area contributed by atoms with Crippen LogP contribution < -0.4 is 5.73 Å². The van der Waals surface area contributed by atoms with Crippen LogP contribution >= 0.6 is 11.8 Å². The number of fused-ring (bicyclic) bond motifs is 1. The van der Waals surface area contributed by atoms with Crippen molar-refractivity contribution in [2.24, 2.45) is 23.5 Å². The van der Waals surface area contributed by atoms with Crippen molar-refractivity contribution >= 4 is 17.7 Å². The molecule has 3 nitrogen and oxygen atoms in total. The third-order valence-corrected chi connectivity index (χ3v) is 5.07. The molecule has 1 aliphatic heterocycles. The first-order valence-corrected chi connectivity index (χ1v) is 8.04. The molecule has 98 valence electrons. The van der Waals surface area contributed by atoms with Crippen molar-refractivity contribution in [2.45, 2.75) is 32.2 Å². The van der Waals surface area contributed by atoms with E-state index in [4.69, 9.17) is 5.73 Å². The third kappa shape index (κ3) is 2.97. The van der Waals surface area contributed by atoms with Crippen molar-refractivity contribution in [3.05, 3.63) is 0 Å². The fraction of sp³-hybridized carbons (Fsp3) is 0.923. The minimum absolute atomic E-state index is 0.166. The number of carbonyl (C=O) groups excluding carboxylic acids is 1. The normalized spacial score (nSPS) is 34.5. The standard InChI is InChI=1S/C13H24N2OS/c1-9(8-17-2)13(16)15-6-10-3-4-12(14)5-11(10)7-15/h9-12H,3-8,14H2,1-2H3/t9?,10-,11+,12?/m1/s1. The van der Waals surface area contributed by atoms with Crippen molar-refractivity contribution in [3.63, 3.8) is 0 Å². The van der Waals surface area contributed by atoms with E-state index in [0.29, 0.717) is 17.9 Å². The van der Waals surface area contributed by atoms with Crippen LogP contribution in [0.1, 0.15) is 26.2 Å². The van der Waals surface area contributed by atoms with Gasteiger partial charge in [-0.2, -0.15) is 11.8 Å². The Morgan fingerprint density at radius 1 is 1.41 bits per heavy atom. The Labute approximate surface area is 108 Å². The van der Waals surface area contributed by atoms with E-state index < -0.39 is 0 Å². The highest BCUT2D eigenvalue weighted by molar-refractivity contribution is 7.98. The molecule has 1 saturated heterocycles. The summed E-state index contributed by atoms with van der Waals surface area (Å²) < 4.78 is 0. The number of carbonyl (C=O) groups is 1. The van der Waals surface area contributed by atoms with Gasteiger partial charge in [0.1, 0.15) is 0 Å². The maximum atomic E-state index is 12.2. The number of hydrogen-bond acceptors (Lipinski definition) is 3. The van der Waals surface area contributed by atoms with Crippen LogP contribution in [-0.2, 0) is 4.79 Å². The number of hydrogen-bond donors (Lipinski definition) is 1. The van der Waals surface area contributed by atoms with Gasteiger partial charge in [0.25, 0.3) is 0 Å². The van der Waals surface area contributed by atoms with Gasteiger partial charge in [0.05, 0.1) is 0 Å². The first kappa shape index (κ1) is 13.2. The molecule has 0 spiro atoms. The zero-order valence-electron chi connectivity index (χ0n) is 10.9. The molecule has 1 saturated carbocycles. The molecule has 0 radical (unpaired) electrons. The highest BCUT2D eigenvalue weighted by Crippen LogP contribution is 2.36. The molecule has 2 aliphatic rings. The molecule has 0 bridgehead atoms. The average molecular weight is 256 g/mol. The number of nitrogens with zero attached hydrogens (tertiary/aromatic N) is 1. The van der Waals surface area contributed by atoms with Crippen molar-refractivity contribution < 1.29 is 4.79 Å². The van der Waals surface area contributed by atoms with Gasteiger partial charge in [-0.3, -0.25) is 4.79 Å². The van der Waals surface area contributed by atoms with Gasteiger partial charge in [0.15, 0.2) is 0 Å².